The first-order valence-corrected chi connectivity index (χ1v) is 7.20. The number of amides is 2. The molecule has 0 atom stereocenters. The van der Waals surface area contributed by atoms with Gasteiger partial charge in [0.05, 0.1) is 17.3 Å². The molecule has 2 amide bonds. The summed E-state index contributed by atoms with van der Waals surface area (Å²) in [7, 11) is 0. The molecule has 0 radical (unpaired) electrons. The van der Waals surface area contributed by atoms with Crippen molar-refractivity contribution in [2.45, 2.75) is 6.92 Å². The Labute approximate surface area is 136 Å². The standard InChI is InChI=1S/C17H11N3O4/c1-10-6-7-14-18-8-13(19(14)9-10)17(23)24-20-15(21)11-4-2-3-5-12(11)16(20)22/h2-9H,1H3. The molecule has 2 aromatic heterocycles. The van der Waals surface area contributed by atoms with Crippen molar-refractivity contribution in [1.82, 2.24) is 14.4 Å². The average molecular weight is 321 g/mol. The van der Waals surface area contributed by atoms with Crippen molar-refractivity contribution in [2.24, 2.45) is 0 Å². The molecule has 0 saturated heterocycles. The van der Waals surface area contributed by atoms with Crippen LogP contribution in [0.1, 0.15) is 36.8 Å². The molecule has 4 rings (SSSR count). The Balaban J connectivity index is 1.66. The summed E-state index contributed by atoms with van der Waals surface area (Å²) in [6.45, 7) is 1.87. The van der Waals surface area contributed by atoms with E-state index in [9.17, 15) is 14.4 Å². The Hall–Kier alpha value is -3.48. The molecule has 1 aliphatic rings. The minimum absolute atomic E-state index is 0.130. The molecule has 0 spiro atoms. The Morgan fingerprint density at radius 3 is 2.38 bits per heavy atom. The van der Waals surface area contributed by atoms with E-state index in [1.54, 1.807) is 28.8 Å². The lowest BCUT2D eigenvalue weighted by Crippen LogP contribution is -2.33. The number of aromatic nitrogens is 2. The zero-order chi connectivity index (χ0) is 16.8. The fourth-order valence-electron chi connectivity index (χ4n) is 2.62. The SMILES string of the molecule is Cc1ccc2ncc(C(=O)ON3C(=O)c4ccccc4C3=O)n2c1. The van der Waals surface area contributed by atoms with Gasteiger partial charge in [0.2, 0.25) is 0 Å². The van der Waals surface area contributed by atoms with E-state index in [4.69, 9.17) is 4.84 Å². The van der Waals surface area contributed by atoms with Crippen LogP contribution < -0.4 is 0 Å². The normalized spacial score (nSPS) is 13.5. The average Bonchev–Trinajstić information content (AvgIpc) is 3.10. The molecule has 3 heterocycles. The van der Waals surface area contributed by atoms with Crippen LogP contribution in [0.5, 0.6) is 0 Å². The number of hydrogen-bond acceptors (Lipinski definition) is 5. The molecule has 0 aliphatic carbocycles. The molecule has 1 aliphatic heterocycles. The third kappa shape index (κ3) is 1.98. The summed E-state index contributed by atoms with van der Waals surface area (Å²) in [4.78, 5) is 46.0. The van der Waals surface area contributed by atoms with Crippen molar-refractivity contribution < 1.29 is 19.2 Å². The van der Waals surface area contributed by atoms with Gasteiger partial charge in [0.25, 0.3) is 11.8 Å². The first-order chi connectivity index (χ1) is 11.6. The van der Waals surface area contributed by atoms with Crippen LogP contribution in [0.25, 0.3) is 5.65 Å². The topological polar surface area (TPSA) is 81.0 Å². The molecule has 7 nitrogen and oxygen atoms in total. The molecular weight excluding hydrogens is 310 g/mol. The van der Waals surface area contributed by atoms with E-state index < -0.39 is 17.8 Å². The van der Waals surface area contributed by atoms with Crippen LogP contribution in [0, 0.1) is 6.92 Å². The van der Waals surface area contributed by atoms with Crippen LogP contribution in [0.2, 0.25) is 0 Å². The Morgan fingerprint density at radius 1 is 1.04 bits per heavy atom. The van der Waals surface area contributed by atoms with Gasteiger partial charge in [0, 0.05) is 6.20 Å². The van der Waals surface area contributed by atoms with Gasteiger partial charge >= 0.3 is 5.97 Å². The van der Waals surface area contributed by atoms with Crippen LogP contribution in [0.3, 0.4) is 0 Å². The van der Waals surface area contributed by atoms with Crippen LogP contribution >= 0.6 is 0 Å². The number of carbonyl (C=O) groups excluding carboxylic acids is 3. The first kappa shape index (κ1) is 14.1. The molecule has 118 valence electrons. The lowest BCUT2D eigenvalue weighted by Gasteiger charge is -2.12. The van der Waals surface area contributed by atoms with Gasteiger partial charge in [-0.05, 0) is 30.7 Å². The van der Waals surface area contributed by atoms with Gasteiger partial charge in [-0.25, -0.2) is 9.78 Å². The van der Waals surface area contributed by atoms with Gasteiger partial charge in [-0.1, -0.05) is 23.3 Å². The van der Waals surface area contributed by atoms with Crippen LogP contribution in [0.4, 0.5) is 0 Å². The summed E-state index contributed by atoms with van der Waals surface area (Å²) >= 11 is 0. The number of fused-ring (bicyclic) bond motifs is 2. The molecule has 1 aromatic carbocycles. The van der Waals surface area contributed by atoms with Crippen molar-refractivity contribution in [1.29, 1.82) is 0 Å². The maximum Gasteiger partial charge on any atom is 0.382 e. The second-order valence-electron chi connectivity index (χ2n) is 5.41. The summed E-state index contributed by atoms with van der Waals surface area (Å²) in [5.41, 5.74) is 2.05. The highest BCUT2D eigenvalue weighted by molar-refractivity contribution is 6.21. The quantitative estimate of drug-likeness (QED) is 0.674. The van der Waals surface area contributed by atoms with Gasteiger partial charge in [0.15, 0.2) is 5.69 Å². The van der Waals surface area contributed by atoms with Gasteiger partial charge < -0.3 is 4.84 Å². The second-order valence-corrected chi connectivity index (χ2v) is 5.41. The number of hydrogen-bond donors (Lipinski definition) is 0. The van der Waals surface area contributed by atoms with Crippen molar-refractivity contribution in [3.05, 3.63) is 71.2 Å². The predicted octanol–water partition coefficient (Wildman–Crippen LogP) is 2.01. The fourth-order valence-corrected chi connectivity index (χ4v) is 2.62. The maximum absolute atomic E-state index is 12.4. The summed E-state index contributed by atoms with van der Waals surface area (Å²) in [5.74, 6) is -2.15. The van der Waals surface area contributed by atoms with E-state index in [1.165, 1.54) is 18.3 Å². The smallest absolute Gasteiger partial charge is 0.323 e. The molecule has 0 fully saturated rings. The molecule has 7 heteroatoms. The zero-order valence-electron chi connectivity index (χ0n) is 12.6. The number of nitrogens with zero attached hydrogens (tertiary/aromatic N) is 3. The van der Waals surface area contributed by atoms with Gasteiger partial charge in [-0.15, -0.1) is 0 Å². The summed E-state index contributed by atoms with van der Waals surface area (Å²) in [6, 6.07) is 9.93. The Bertz CT molecular complexity index is 987. The fraction of sp³-hybridized carbons (Fsp3) is 0.0588. The minimum atomic E-state index is -0.831. The minimum Gasteiger partial charge on any atom is -0.323 e. The van der Waals surface area contributed by atoms with Gasteiger partial charge in [0.1, 0.15) is 5.65 Å². The maximum atomic E-state index is 12.4. The number of aryl methyl sites for hydroxylation is 1. The van der Waals surface area contributed by atoms with Crippen LogP contribution in [-0.4, -0.2) is 32.2 Å². The van der Waals surface area contributed by atoms with Crippen molar-refractivity contribution >= 4 is 23.4 Å². The summed E-state index contributed by atoms with van der Waals surface area (Å²) in [6.07, 6.45) is 3.07. The number of imide groups is 1. The first-order valence-electron chi connectivity index (χ1n) is 7.20. The molecule has 3 aromatic rings. The predicted molar refractivity (Wildman–Crippen MR) is 82.3 cm³/mol. The van der Waals surface area contributed by atoms with E-state index in [0.29, 0.717) is 10.7 Å². The highest BCUT2D eigenvalue weighted by atomic mass is 16.7. The highest BCUT2D eigenvalue weighted by Gasteiger charge is 2.39. The van der Waals surface area contributed by atoms with E-state index in [2.05, 4.69) is 4.98 Å². The molecule has 0 saturated carbocycles. The number of benzene rings is 1. The largest absolute Gasteiger partial charge is 0.382 e. The summed E-state index contributed by atoms with van der Waals surface area (Å²) in [5, 5.41) is 0.488. The number of imidazole rings is 1. The number of pyridine rings is 1. The third-order valence-corrected chi connectivity index (χ3v) is 3.79. The molecule has 24 heavy (non-hydrogen) atoms. The van der Waals surface area contributed by atoms with E-state index >= 15 is 0 Å². The van der Waals surface area contributed by atoms with Crippen molar-refractivity contribution in [2.75, 3.05) is 0 Å². The Kier molecular flexibility index (Phi) is 2.96. The molecular formula is C17H11N3O4. The van der Waals surface area contributed by atoms with Gasteiger partial charge in [-0.3, -0.25) is 14.0 Å². The second kappa shape index (κ2) is 5.02. The lowest BCUT2D eigenvalue weighted by atomic mass is 10.1. The van der Waals surface area contributed by atoms with E-state index in [0.717, 1.165) is 5.56 Å². The number of hydroxylamine groups is 2. The van der Waals surface area contributed by atoms with Crippen molar-refractivity contribution in [3.8, 4) is 0 Å². The molecule has 0 unspecified atom stereocenters. The number of carbonyl (C=O) groups is 3. The van der Waals surface area contributed by atoms with Gasteiger partial charge in [-0.2, -0.15) is 0 Å². The van der Waals surface area contributed by atoms with Crippen molar-refractivity contribution in [3.63, 3.8) is 0 Å². The van der Waals surface area contributed by atoms with E-state index in [1.807, 2.05) is 13.0 Å². The van der Waals surface area contributed by atoms with Crippen LogP contribution in [-0.2, 0) is 4.84 Å². The lowest BCUT2D eigenvalue weighted by molar-refractivity contribution is -0.0589. The van der Waals surface area contributed by atoms with Crippen LogP contribution in [0.15, 0.2) is 48.8 Å². The number of rotatable bonds is 2. The Morgan fingerprint density at radius 2 is 1.71 bits per heavy atom. The van der Waals surface area contributed by atoms with E-state index in [-0.39, 0.29) is 16.8 Å². The monoisotopic (exact) mass is 321 g/mol. The molecule has 0 bridgehead atoms. The zero-order valence-corrected chi connectivity index (χ0v) is 12.6. The highest BCUT2D eigenvalue weighted by Crippen LogP contribution is 2.23. The third-order valence-electron chi connectivity index (χ3n) is 3.79. The molecule has 0 N–H and O–H groups in total. The summed E-state index contributed by atoms with van der Waals surface area (Å²) < 4.78 is 1.55.